The van der Waals surface area contributed by atoms with E-state index in [0.29, 0.717) is 6.42 Å². The molecule has 0 aromatic carbocycles. The van der Waals surface area contributed by atoms with Crippen LogP contribution in [0.25, 0.3) is 0 Å². The van der Waals surface area contributed by atoms with Crippen LogP contribution in [0.2, 0.25) is 0 Å². The molecule has 106 valence electrons. The predicted molar refractivity (Wildman–Crippen MR) is 52.7 cm³/mol. The van der Waals surface area contributed by atoms with Crippen LogP contribution < -0.4 is 0 Å². The summed E-state index contributed by atoms with van der Waals surface area (Å²) in [5, 5.41) is 8.34. The summed E-state index contributed by atoms with van der Waals surface area (Å²) in [6.45, 7) is 3.61. The monoisotopic (exact) mass is 290 g/mol. The third-order valence-corrected chi connectivity index (χ3v) is 2.79. The van der Waals surface area contributed by atoms with E-state index >= 15 is 0 Å². The summed E-state index contributed by atoms with van der Waals surface area (Å²) in [7, 11) is -3.96. The van der Waals surface area contributed by atoms with Crippen molar-refractivity contribution in [1.29, 1.82) is 5.26 Å². The first-order valence-corrected chi connectivity index (χ1v) is 6.23. The SMILES string of the molecule is C[N+]1(CCC#N)CCOC1.O=S(=O)([O-])C(F)(F)F. The van der Waals surface area contributed by atoms with E-state index in [-0.39, 0.29) is 0 Å². The average molecular weight is 290 g/mol. The zero-order valence-electron chi connectivity index (χ0n) is 9.61. The lowest BCUT2D eigenvalue weighted by atomic mass is 10.4. The van der Waals surface area contributed by atoms with Crippen LogP contribution in [-0.2, 0) is 14.9 Å². The Morgan fingerprint density at radius 3 is 2.28 bits per heavy atom. The fourth-order valence-electron chi connectivity index (χ4n) is 1.13. The zero-order valence-corrected chi connectivity index (χ0v) is 10.4. The lowest BCUT2D eigenvalue weighted by Gasteiger charge is -2.25. The minimum Gasteiger partial charge on any atom is -0.741 e. The predicted octanol–water partition coefficient (Wildman–Crippen LogP) is 0.386. The van der Waals surface area contributed by atoms with Crippen LogP contribution in [0.4, 0.5) is 13.2 Å². The van der Waals surface area contributed by atoms with Crippen LogP contribution in [-0.4, -0.2) is 56.4 Å². The first-order valence-electron chi connectivity index (χ1n) is 4.82. The number of alkyl halides is 3. The topological polar surface area (TPSA) is 90.2 Å². The van der Waals surface area contributed by atoms with Gasteiger partial charge in [-0.05, 0) is 0 Å². The van der Waals surface area contributed by atoms with E-state index < -0.39 is 15.6 Å². The molecule has 18 heavy (non-hydrogen) atoms. The zero-order chi connectivity index (χ0) is 14.4. The number of likely N-dealkylation sites (N-methyl/N-ethyl adjacent to an activating group) is 1. The molecule has 1 rings (SSSR count). The van der Waals surface area contributed by atoms with Gasteiger partial charge in [0.1, 0.15) is 13.2 Å². The molecule has 0 radical (unpaired) electrons. The van der Waals surface area contributed by atoms with E-state index in [1.165, 1.54) is 0 Å². The third-order valence-electron chi connectivity index (χ3n) is 2.23. The van der Waals surface area contributed by atoms with Crippen molar-refractivity contribution in [2.75, 3.05) is 33.5 Å². The highest BCUT2D eigenvalue weighted by Crippen LogP contribution is 2.20. The van der Waals surface area contributed by atoms with Crippen molar-refractivity contribution in [2.24, 2.45) is 0 Å². The molecule has 6 nitrogen and oxygen atoms in total. The van der Waals surface area contributed by atoms with Gasteiger partial charge in [-0.1, -0.05) is 0 Å². The van der Waals surface area contributed by atoms with Gasteiger partial charge in [0.15, 0.2) is 16.8 Å². The van der Waals surface area contributed by atoms with Crippen molar-refractivity contribution in [3.05, 3.63) is 0 Å². The van der Waals surface area contributed by atoms with Gasteiger partial charge >= 0.3 is 5.51 Å². The maximum atomic E-state index is 10.7. The molecule has 0 bridgehead atoms. The first kappa shape index (κ1) is 17.1. The molecule has 0 saturated carbocycles. The van der Waals surface area contributed by atoms with Crippen LogP contribution in [0.15, 0.2) is 0 Å². The highest BCUT2D eigenvalue weighted by molar-refractivity contribution is 7.86. The van der Waals surface area contributed by atoms with E-state index in [1.54, 1.807) is 0 Å². The molecule has 0 aromatic heterocycles. The summed E-state index contributed by atoms with van der Waals surface area (Å²) >= 11 is 0. The molecule has 0 aromatic rings. The highest BCUT2D eigenvalue weighted by atomic mass is 32.2. The van der Waals surface area contributed by atoms with E-state index in [9.17, 15) is 13.2 Å². The smallest absolute Gasteiger partial charge is 0.485 e. The maximum absolute atomic E-state index is 10.7. The van der Waals surface area contributed by atoms with E-state index in [4.69, 9.17) is 23.0 Å². The number of quaternary nitrogens is 1. The fourth-order valence-corrected chi connectivity index (χ4v) is 1.13. The Morgan fingerprint density at radius 2 is 2.00 bits per heavy atom. The van der Waals surface area contributed by atoms with Gasteiger partial charge in [-0.2, -0.15) is 18.4 Å². The number of hydrogen-bond donors (Lipinski definition) is 0. The Bertz CT molecular complexity index is 396. The lowest BCUT2D eigenvalue weighted by molar-refractivity contribution is -0.906. The first-order chi connectivity index (χ1) is 8.02. The largest absolute Gasteiger partial charge is 0.741 e. The highest BCUT2D eigenvalue weighted by Gasteiger charge is 2.36. The van der Waals surface area contributed by atoms with Crippen LogP contribution in [0.3, 0.4) is 0 Å². The van der Waals surface area contributed by atoms with Crippen LogP contribution >= 0.6 is 0 Å². The van der Waals surface area contributed by atoms with Crippen LogP contribution in [0, 0.1) is 11.3 Å². The Hall–Kier alpha value is -0.890. The van der Waals surface area contributed by atoms with E-state index in [0.717, 1.165) is 30.9 Å². The summed E-state index contributed by atoms with van der Waals surface area (Å²) in [6, 6.07) is 2.15. The lowest BCUT2D eigenvalue weighted by Crippen LogP contribution is -2.41. The van der Waals surface area contributed by atoms with Gasteiger partial charge < -0.3 is 13.8 Å². The molecule has 1 unspecified atom stereocenters. The molecule has 1 aliphatic rings. The van der Waals surface area contributed by atoms with Crippen molar-refractivity contribution in [3.63, 3.8) is 0 Å². The summed E-state index contributed by atoms with van der Waals surface area (Å²) in [5.74, 6) is 0. The molecule has 1 fully saturated rings. The van der Waals surface area contributed by atoms with Crippen molar-refractivity contribution < 1.29 is 35.4 Å². The van der Waals surface area contributed by atoms with Crippen molar-refractivity contribution >= 4 is 10.1 Å². The van der Waals surface area contributed by atoms with Gasteiger partial charge in [-0.15, -0.1) is 0 Å². The van der Waals surface area contributed by atoms with Crippen molar-refractivity contribution in [1.82, 2.24) is 0 Å². The quantitative estimate of drug-likeness (QED) is 0.417. The Balaban J connectivity index is 0.000000331. The molecule has 1 aliphatic heterocycles. The Labute approximate surface area is 103 Å². The number of nitrogens with zero attached hydrogens (tertiary/aromatic N) is 2. The molecule has 0 spiro atoms. The minimum atomic E-state index is -6.09. The molecule has 1 atom stereocenters. The van der Waals surface area contributed by atoms with E-state index in [1.807, 2.05) is 0 Å². The Morgan fingerprint density at radius 1 is 1.50 bits per heavy atom. The van der Waals surface area contributed by atoms with E-state index in [2.05, 4.69) is 13.1 Å². The molecule has 0 aliphatic carbocycles. The molecule has 0 amide bonds. The van der Waals surface area contributed by atoms with Gasteiger partial charge in [0, 0.05) is 0 Å². The number of rotatable bonds is 2. The van der Waals surface area contributed by atoms with Crippen molar-refractivity contribution in [3.8, 4) is 6.07 Å². The second-order valence-electron chi connectivity index (χ2n) is 3.91. The number of hydrogen-bond acceptors (Lipinski definition) is 5. The molecular formula is C8H13F3N2O4S. The summed E-state index contributed by atoms with van der Waals surface area (Å²) in [5.41, 5.74) is -5.65. The molecule has 0 N–H and O–H groups in total. The van der Waals surface area contributed by atoms with Gasteiger partial charge in [-0.3, -0.25) is 0 Å². The van der Waals surface area contributed by atoms with Crippen LogP contribution in [0.1, 0.15) is 6.42 Å². The summed E-state index contributed by atoms with van der Waals surface area (Å²) in [6.07, 6.45) is 0.639. The van der Waals surface area contributed by atoms with Crippen LogP contribution in [0.5, 0.6) is 0 Å². The Kier molecular flexibility index (Phi) is 6.01. The second-order valence-corrected chi connectivity index (χ2v) is 5.28. The van der Waals surface area contributed by atoms with Gasteiger partial charge in [0.05, 0.1) is 26.1 Å². The summed E-state index contributed by atoms with van der Waals surface area (Å²) in [4.78, 5) is 0. The minimum absolute atomic E-state index is 0.639. The summed E-state index contributed by atoms with van der Waals surface area (Å²) < 4.78 is 65.0. The maximum Gasteiger partial charge on any atom is 0.485 e. The number of halogens is 3. The number of nitriles is 1. The average Bonchev–Trinajstić information content (AvgIpc) is 2.61. The van der Waals surface area contributed by atoms with Gasteiger partial charge in [0.25, 0.3) is 0 Å². The van der Waals surface area contributed by atoms with Gasteiger partial charge in [0.2, 0.25) is 0 Å². The molecular weight excluding hydrogens is 277 g/mol. The molecule has 1 heterocycles. The molecule has 10 heteroatoms. The number of ether oxygens (including phenoxy) is 1. The van der Waals surface area contributed by atoms with Gasteiger partial charge in [-0.25, -0.2) is 8.42 Å². The normalized spacial score (nSPS) is 24.0. The fraction of sp³-hybridized carbons (Fsp3) is 0.875. The second kappa shape index (κ2) is 6.33. The third kappa shape index (κ3) is 6.15. The van der Waals surface area contributed by atoms with Crippen molar-refractivity contribution in [2.45, 2.75) is 11.9 Å². The molecule has 1 saturated heterocycles. The standard InChI is InChI=1S/C7H13N2O.CHF3O3S/c1-9(4-2-3-8)5-6-10-7-9;2-1(3,4)8(5,6)7/h2,4-7H2,1H3;(H,5,6,7)/q+1;/p-1.